The second-order valence-corrected chi connectivity index (χ2v) is 8.79. The van der Waals surface area contributed by atoms with Gasteiger partial charge in [0.1, 0.15) is 6.10 Å². The van der Waals surface area contributed by atoms with Crippen LogP contribution in [0, 0.1) is 0 Å². The Bertz CT molecular complexity index is 798. The Morgan fingerprint density at radius 1 is 1.41 bits per heavy atom. The summed E-state index contributed by atoms with van der Waals surface area (Å²) in [6.07, 6.45) is 4.60. The molecule has 2 amide bonds. The zero-order valence-electron chi connectivity index (χ0n) is 16.4. The van der Waals surface area contributed by atoms with Gasteiger partial charge in [0, 0.05) is 30.6 Å². The van der Waals surface area contributed by atoms with E-state index in [0.717, 1.165) is 23.3 Å². The Labute approximate surface area is 160 Å². The third kappa shape index (κ3) is 2.96. The lowest BCUT2D eigenvalue weighted by molar-refractivity contribution is 0.0819. The number of nitrogens with zero attached hydrogens (tertiary/aromatic N) is 1. The van der Waals surface area contributed by atoms with Crippen molar-refractivity contribution in [2.75, 3.05) is 13.7 Å². The van der Waals surface area contributed by atoms with Gasteiger partial charge in [-0.2, -0.15) is 0 Å². The highest BCUT2D eigenvalue weighted by Crippen LogP contribution is 2.55. The largest absolute Gasteiger partial charge is 0.493 e. The fourth-order valence-corrected chi connectivity index (χ4v) is 4.51. The molecule has 6 nitrogen and oxygen atoms in total. The summed E-state index contributed by atoms with van der Waals surface area (Å²) < 4.78 is 11.8. The van der Waals surface area contributed by atoms with Gasteiger partial charge in [0.15, 0.2) is 11.5 Å². The molecular formula is C21H28N2O4. The van der Waals surface area contributed by atoms with Crippen LogP contribution in [0.3, 0.4) is 0 Å². The van der Waals surface area contributed by atoms with Crippen molar-refractivity contribution >= 4 is 6.03 Å². The van der Waals surface area contributed by atoms with Crippen LogP contribution in [0.1, 0.15) is 44.7 Å². The third-order valence-corrected chi connectivity index (χ3v) is 5.72. The summed E-state index contributed by atoms with van der Waals surface area (Å²) in [6, 6.07) is 3.89. The van der Waals surface area contributed by atoms with Gasteiger partial charge >= 0.3 is 6.03 Å². The van der Waals surface area contributed by atoms with Crippen LogP contribution in [0.5, 0.6) is 11.5 Å². The molecule has 0 unspecified atom stereocenters. The number of carbonyl (C=O) groups is 1. The number of carbonyl (C=O) groups excluding carboxylic acids is 1. The summed E-state index contributed by atoms with van der Waals surface area (Å²) in [6.45, 7) is 7.11. The van der Waals surface area contributed by atoms with Crippen molar-refractivity contribution in [3.63, 3.8) is 0 Å². The van der Waals surface area contributed by atoms with Crippen LogP contribution >= 0.6 is 0 Å². The summed E-state index contributed by atoms with van der Waals surface area (Å²) >= 11 is 0. The first kappa shape index (κ1) is 18.2. The van der Waals surface area contributed by atoms with Gasteiger partial charge in [0.05, 0.1) is 18.6 Å². The molecule has 27 heavy (non-hydrogen) atoms. The maximum absolute atomic E-state index is 12.8. The highest BCUT2D eigenvalue weighted by atomic mass is 16.5. The van der Waals surface area contributed by atoms with Crippen molar-refractivity contribution in [3.8, 4) is 11.5 Å². The van der Waals surface area contributed by atoms with E-state index >= 15 is 0 Å². The zero-order valence-corrected chi connectivity index (χ0v) is 16.4. The Morgan fingerprint density at radius 2 is 2.19 bits per heavy atom. The van der Waals surface area contributed by atoms with Crippen LogP contribution in [0.15, 0.2) is 24.3 Å². The van der Waals surface area contributed by atoms with E-state index in [0.29, 0.717) is 25.3 Å². The molecule has 0 fully saturated rings. The Balaban J connectivity index is 1.77. The summed E-state index contributed by atoms with van der Waals surface area (Å²) in [7, 11) is 1.64. The lowest BCUT2D eigenvalue weighted by Gasteiger charge is -2.36. The van der Waals surface area contributed by atoms with Crippen molar-refractivity contribution in [2.45, 2.75) is 63.3 Å². The van der Waals surface area contributed by atoms with Gasteiger partial charge < -0.3 is 24.8 Å². The topological polar surface area (TPSA) is 71.0 Å². The molecule has 2 heterocycles. The first-order valence-corrected chi connectivity index (χ1v) is 9.55. The lowest BCUT2D eigenvalue weighted by Crippen LogP contribution is -2.49. The number of ether oxygens (including phenoxy) is 2. The van der Waals surface area contributed by atoms with E-state index in [1.807, 2.05) is 43.9 Å². The second-order valence-electron chi connectivity index (χ2n) is 8.79. The van der Waals surface area contributed by atoms with E-state index in [9.17, 15) is 9.90 Å². The molecule has 146 valence electrons. The number of hydrogen-bond donors (Lipinski definition) is 2. The molecular weight excluding hydrogens is 344 g/mol. The second kappa shape index (κ2) is 6.16. The van der Waals surface area contributed by atoms with Crippen molar-refractivity contribution in [3.05, 3.63) is 35.4 Å². The first-order valence-electron chi connectivity index (χ1n) is 9.55. The number of urea groups is 1. The standard InChI is InChI=1S/C21H28N2O4/c1-20(2,3)22-19(25)23-10-9-21-8-7-14(24)11-16(21)27-18-15(26-4)6-5-13(12-23)17(18)21/h5-8,14,16,24H,9-12H2,1-4H3,(H,22,25)/t14-,16-,21-/m1/s1. The van der Waals surface area contributed by atoms with Crippen molar-refractivity contribution in [1.29, 1.82) is 0 Å². The normalized spacial score (nSPS) is 28.7. The maximum atomic E-state index is 12.8. The Hall–Kier alpha value is -2.21. The van der Waals surface area contributed by atoms with Gasteiger partial charge in [-0.25, -0.2) is 4.79 Å². The van der Waals surface area contributed by atoms with Gasteiger partial charge in [-0.1, -0.05) is 18.2 Å². The molecule has 2 N–H and O–H groups in total. The predicted molar refractivity (Wildman–Crippen MR) is 102 cm³/mol. The van der Waals surface area contributed by atoms with Crippen LogP contribution in [0.25, 0.3) is 0 Å². The molecule has 2 aliphatic heterocycles. The fraction of sp³-hybridized carbons (Fsp3) is 0.571. The van der Waals surface area contributed by atoms with E-state index in [2.05, 4.69) is 11.4 Å². The van der Waals surface area contributed by atoms with E-state index in [4.69, 9.17) is 9.47 Å². The van der Waals surface area contributed by atoms with Crippen LogP contribution in [-0.4, -0.2) is 47.4 Å². The summed E-state index contributed by atoms with van der Waals surface area (Å²) in [5, 5.41) is 13.2. The molecule has 0 aromatic heterocycles. The molecule has 0 saturated heterocycles. The minimum Gasteiger partial charge on any atom is -0.493 e. The molecule has 1 aromatic carbocycles. The lowest BCUT2D eigenvalue weighted by atomic mass is 9.69. The van der Waals surface area contributed by atoms with Crippen molar-refractivity contribution in [1.82, 2.24) is 10.2 Å². The average Bonchev–Trinajstić information content (AvgIpc) is 2.81. The van der Waals surface area contributed by atoms with Gasteiger partial charge in [0.2, 0.25) is 0 Å². The number of rotatable bonds is 1. The van der Waals surface area contributed by atoms with Gasteiger partial charge in [-0.15, -0.1) is 0 Å². The van der Waals surface area contributed by atoms with Crippen molar-refractivity contribution < 1.29 is 19.4 Å². The molecule has 3 aliphatic rings. The highest BCUT2D eigenvalue weighted by molar-refractivity contribution is 5.75. The van der Waals surface area contributed by atoms with E-state index in [1.165, 1.54) is 0 Å². The number of aliphatic hydroxyl groups excluding tert-OH is 1. The SMILES string of the molecule is COc1ccc2c3c1O[C@@H]1C[C@H](O)C=C[C@]31CCN(C(=O)NC(C)(C)C)C2. The quantitative estimate of drug-likeness (QED) is 0.744. The van der Waals surface area contributed by atoms with E-state index in [-0.39, 0.29) is 23.1 Å². The number of hydrogen-bond acceptors (Lipinski definition) is 4. The molecule has 0 saturated carbocycles. The van der Waals surface area contributed by atoms with Crippen molar-refractivity contribution in [2.24, 2.45) is 0 Å². The molecule has 0 radical (unpaired) electrons. The van der Waals surface area contributed by atoms with Crippen LogP contribution in [0.4, 0.5) is 4.79 Å². The molecule has 1 spiro atoms. The van der Waals surface area contributed by atoms with E-state index < -0.39 is 6.10 Å². The van der Waals surface area contributed by atoms with Crippen LogP contribution in [0.2, 0.25) is 0 Å². The number of benzene rings is 1. The molecule has 1 aliphatic carbocycles. The highest BCUT2D eigenvalue weighted by Gasteiger charge is 2.53. The Morgan fingerprint density at radius 3 is 2.89 bits per heavy atom. The number of methoxy groups -OCH3 is 1. The fourth-order valence-electron chi connectivity index (χ4n) is 4.51. The summed E-state index contributed by atoms with van der Waals surface area (Å²) in [5.41, 5.74) is 1.58. The van der Waals surface area contributed by atoms with Gasteiger partial charge in [-0.05, 0) is 38.8 Å². The van der Waals surface area contributed by atoms with Crippen LogP contribution < -0.4 is 14.8 Å². The molecule has 3 atom stereocenters. The minimum atomic E-state index is -0.507. The molecule has 1 aromatic rings. The number of amides is 2. The first-order chi connectivity index (χ1) is 12.7. The average molecular weight is 372 g/mol. The van der Waals surface area contributed by atoms with E-state index in [1.54, 1.807) is 7.11 Å². The maximum Gasteiger partial charge on any atom is 0.318 e. The van der Waals surface area contributed by atoms with Gasteiger partial charge in [-0.3, -0.25) is 0 Å². The van der Waals surface area contributed by atoms with Gasteiger partial charge in [0.25, 0.3) is 0 Å². The summed E-state index contributed by atoms with van der Waals surface area (Å²) in [4.78, 5) is 14.7. The van der Waals surface area contributed by atoms with Crippen LogP contribution in [-0.2, 0) is 12.0 Å². The number of nitrogens with one attached hydrogen (secondary N) is 1. The molecule has 6 heteroatoms. The smallest absolute Gasteiger partial charge is 0.318 e. The zero-order chi connectivity index (χ0) is 19.4. The summed E-state index contributed by atoms with van der Waals surface area (Å²) in [5.74, 6) is 1.47. The molecule has 4 rings (SSSR count). The minimum absolute atomic E-state index is 0.0549. The number of aliphatic hydroxyl groups is 1. The molecule has 0 bridgehead atoms. The third-order valence-electron chi connectivity index (χ3n) is 5.72. The predicted octanol–water partition coefficient (Wildman–Crippen LogP) is 2.73. The Kier molecular flexibility index (Phi) is 4.14. The monoisotopic (exact) mass is 372 g/mol.